The third-order valence-corrected chi connectivity index (χ3v) is 5.06. The monoisotopic (exact) mass is 357 g/mol. The maximum Gasteiger partial charge on any atom is 0.241 e. The number of hydrogen-bond acceptors (Lipinski definition) is 5. The standard InChI is InChI=1S/C20H27N3O3/c1-16-12-17(2)14-18(13-16)23(7-3-6-21)19(24)15-22-8-4-20(5-9-22)25-10-11-26-20/h12-14H,3-5,7-11,15H2,1-2H3. The van der Waals surface area contributed by atoms with Crippen LogP contribution in [0.1, 0.15) is 30.4 Å². The van der Waals surface area contributed by atoms with Crippen molar-refractivity contribution < 1.29 is 14.3 Å². The molecule has 3 rings (SSSR count). The summed E-state index contributed by atoms with van der Waals surface area (Å²) in [4.78, 5) is 16.9. The molecule has 2 fully saturated rings. The molecule has 1 amide bonds. The molecule has 0 aromatic heterocycles. The summed E-state index contributed by atoms with van der Waals surface area (Å²) in [5, 5.41) is 8.97. The SMILES string of the molecule is Cc1cc(C)cc(N(CCC#N)C(=O)CN2CCC3(CC2)OCCO3)c1. The second kappa shape index (κ2) is 8.17. The van der Waals surface area contributed by atoms with Crippen molar-refractivity contribution in [2.45, 2.75) is 38.9 Å². The lowest BCUT2D eigenvalue weighted by atomic mass is 10.0. The zero-order valence-electron chi connectivity index (χ0n) is 15.7. The Morgan fingerprint density at radius 2 is 1.81 bits per heavy atom. The van der Waals surface area contributed by atoms with Crippen molar-refractivity contribution in [2.75, 3.05) is 44.3 Å². The van der Waals surface area contributed by atoms with Crippen molar-refractivity contribution >= 4 is 11.6 Å². The molecule has 6 nitrogen and oxygen atoms in total. The van der Waals surface area contributed by atoms with Gasteiger partial charge in [-0.3, -0.25) is 9.69 Å². The Hall–Kier alpha value is -1.94. The second-order valence-corrected chi connectivity index (χ2v) is 7.18. The van der Waals surface area contributed by atoms with Crippen molar-refractivity contribution in [3.63, 3.8) is 0 Å². The summed E-state index contributed by atoms with van der Waals surface area (Å²) in [5.41, 5.74) is 3.11. The van der Waals surface area contributed by atoms with E-state index in [1.165, 1.54) is 0 Å². The Kier molecular flexibility index (Phi) is 5.92. The van der Waals surface area contributed by atoms with Gasteiger partial charge in [0.1, 0.15) is 0 Å². The van der Waals surface area contributed by atoms with Crippen LogP contribution in [0.25, 0.3) is 0 Å². The fourth-order valence-corrected chi connectivity index (χ4v) is 3.78. The van der Waals surface area contributed by atoms with E-state index >= 15 is 0 Å². The summed E-state index contributed by atoms with van der Waals surface area (Å²) in [6.45, 7) is 7.71. The first kappa shape index (κ1) is 18.8. The Morgan fingerprint density at radius 3 is 2.38 bits per heavy atom. The molecule has 0 atom stereocenters. The summed E-state index contributed by atoms with van der Waals surface area (Å²) in [5.74, 6) is -0.386. The predicted octanol–water partition coefficient (Wildman–Crippen LogP) is 2.39. The number of amides is 1. The molecule has 6 heteroatoms. The summed E-state index contributed by atoms with van der Waals surface area (Å²) in [6, 6.07) is 8.25. The van der Waals surface area contributed by atoms with Gasteiger partial charge in [-0.05, 0) is 37.1 Å². The van der Waals surface area contributed by atoms with Crippen LogP contribution < -0.4 is 4.90 Å². The molecule has 1 spiro atoms. The molecule has 140 valence electrons. The highest BCUT2D eigenvalue weighted by molar-refractivity contribution is 5.95. The van der Waals surface area contributed by atoms with Crippen molar-refractivity contribution in [2.24, 2.45) is 0 Å². The van der Waals surface area contributed by atoms with Crippen LogP contribution in [0.15, 0.2) is 18.2 Å². The van der Waals surface area contributed by atoms with E-state index in [0.29, 0.717) is 32.7 Å². The Balaban J connectivity index is 1.65. The molecule has 0 aliphatic carbocycles. The zero-order chi connectivity index (χ0) is 18.6. The minimum absolute atomic E-state index is 0.0365. The lowest BCUT2D eigenvalue weighted by Gasteiger charge is -2.38. The van der Waals surface area contributed by atoms with Gasteiger partial charge in [-0.25, -0.2) is 0 Å². The number of piperidine rings is 1. The highest BCUT2D eigenvalue weighted by Crippen LogP contribution is 2.31. The molecule has 0 bridgehead atoms. The summed E-state index contributed by atoms with van der Waals surface area (Å²) in [6.07, 6.45) is 1.91. The number of anilines is 1. The molecule has 0 saturated carbocycles. The lowest BCUT2D eigenvalue weighted by molar-refractivity contribution is -0.185. The van der Waals surface area contributed by atoms with Crippen LogP contribution in [0.4, 0.5) is 5.69 Å². The Morgan fingerprint density at radius 1 is 1.19 bits per heavy atom. The fraction of sp³-hybridized carbons (Fsp3) is 0.600. The molecule has 0 N–H and O–H groups in total. The number of rotatable bonds is 5. The number of hydrogen-bond donors (Lipinski definition) is 0. The van der Waals surface area contributed by atoms with Crippen LogP contribution in [0.3, 0.4) is 0 Å². The van der Waals surface area contributed by atoms with Crippen molar-refractivity contribution in [3.05, 3.63) is 29.3 Å². The molecule has 2 heterocycles. The van der Waals surface area contributed by atoms with Gasteiger partial charge in [0.15, 0.2) is 5.79 Å². The summed E-state index contributed by atoms with van der Waals surface area (Å²) in [7, 11) is 0. The van der Waals surface area contributed by atoms with Crippen LogP contribution >= 0.6 is 0 Å². The first-order valence-corrected chi connectivity index (χ1v) is 9.27. The van der Waals surface area contributed by atoms with E-state index in [0.717, 1.165) is 42.7 Å². The summed E-state index contributed by atoms with van der Waals surface area (Å²) < 4.78 is 11.5. The molecule has 1 aromatic rings. The lowest BCUT2D eigenvalue weighted by Crippen LogP contribution is -2.49. The molecule has 2 aliphatic heterocycles. The third-order valence-electron chi connectivity index (χ3n) is 5.06. The number of likely N-dealkylation sites (tertiary alicyclic amines) is 1. The third kappa shape index (κ3) is 4.42. The largest absolute Gasteiger partial charge is 0.347 e. The molecule has 1 aromatic carbocycles. The normalized spacial score (nSPS) is 19.4. The smallest absolute Gasteiger partial charge is 0.241 e. The molecular weight excluding hydrogens is 330 g/mol. The van der Waals surface area contributed by atoms with Gasteiger partial charge in [0.05, 0.1) is 32.2 Å². The van der Waals surface area contributed by atoms with E-state index in [1.54, 1.807) is 4.90 Å². The van der Waals surface area contributed by atoms with E-state index in [4.69, 9.17) is 14.7 Å². The van der Waals surface area contributed by atoms with Crippen molar-refractivity contribution in [1.82, 2.24) is 4.90 Å². The molecule has 2 aliphatic rings. The second-order valence-electron chi connectivity index (χ2n) is 7.18. The van der Waals surface area contributed by atoms with E-state index in [1.807, 2.05) is 26.0 Å². The number of carbonyl (C=O) groups is 1. The molecule has 0 unspecified atom stereocenters. The van der Waals surface area contributed by atoms with Gasteiger partial charge in [0.2, 0.25) is 5.91 Å². The number of benzene rings is 1. The number of nitrogens with zero attached hydrogens (tertiary/aromatic N) is 3. The first-order chi connectivity index (χ1) is 12.5. The number of aryl methyl sites for hydroxylation is 2. The minimum Gasteiger partial charge on any atom is -0.347 e. The topological polar surface area (TPSA) is 65.8 Å². The predicted molar refractivity (Wildman–Crippen MR) is 98.8 cm³/mol. The average Bonchev–Trinajstić information content (AvgIpc) is 3.05. The van der Waals surface area contributed by atoms with Gasteiger partial charge in [-0.15, -0.1) is 0 Å². The molecule has 0 radical (unpaired) electrons. The van der Waals surface area contributed by atoms with Crippen LogP contribution in [0.5, 0.6) is 0 Å². The fourth-order valence-electron chi connectivity index (χ4n) is 3.78. The van der Waals surface area contributed by atoms with Crippen LogP contribution in [0.2, 0.25) is 0 Å². The van der Waals surface area contributed by atoms with Gasteiger partial charge >= 0.3 is 0 Å². The van der Waals surface area contributed by atoms with Gasteiger partial charge in [-0.1, -0.05) is 6.07 Å². The maximum absolute atomic E-state index is 13.0. The molecule has 2 saturated heterocycles. The van der Waals surface area contributed by atoms with E-state index in [-0.39, 0.29) is 5.91 Å². The quantitative estimate of drug-likeness (QED) is 0.809. The van der Waals surface area contributed by atoms with Crippen LogP contribution in [-0.2, 0) is 14.3 Å². The van der Waals surface area contributed by atoms with E-state index < -0.39 is 5.79 Å². The van der Waals surface area contributed by atoms with Gasteiger partial charge < -0.3 is 14.4 Å². The Bertz CT molecular complexity index is 662. The van der Waals surface area contributed by atoms with Crippen molar-refractivity contribution in [3.8, 4) is 6.07 Å². The molecular formula is C20H27N3O3. The van der Waals surface area contributed by atoms with Gasteiger partial charge in [0.25, 0.3) is 0 Å². The van der Waals surface area contributed by atoms with Gasteiger partial charge in [0, 0.05) is 38.2 Å². The number of ether oxygens (including phenoxy) is 2. The first-order valence-electron chi connectivity index (χ1n) is 9.27. The van der Waals surface area contributed by atoms with Crippen LogP contribution in [0, 0.1) is 25.2 Å². The van der Waals surface area contributed by atoms with Gasteiger partial charge in [-0.2, -0.15) is 5.26 Å². The Labute approximate surface area is 155 Å². The number of nitriles is 1. The maximum atomic E-state index is 13.0. The zero-order valence-corrected chi connectivity index (χ0v) is 15.7. The molecule has 26 heavy (non-hydrogen) atoms. The van der Waals surface area contributed by atoms with E-state index in [9.17, 15) is 4.79 Å². The highest BCUT2D eigenvalue weighted by Gasteiger charge is 2.40. The number of carbonyl (C=O) groups excluding carboxylic acids is 1. The van der Waals surface area contributed by atoms with E-state index in [2.05, 4.69) is 17.0 Å². The van der Waals surface area contributed by atoms with Crippen molar-refractivity contribution in [1.29, 1.82) is 5.26 Å². The summed E-state index contributed by atoms with van der Waals surface area (Å²) >= 11 is 0. The highest BCUT2D eigenvalue weighted by atomic mass is 16.7. The average molecular weight is 357 g/mol. The van der Waals surface area contributed by atoms with Crippen LogP contribution in [-0.4, -0.2) is 56.0 Å². The minimum atomic E-state index is -0.423.